The average molecular weight is 353 g/mol. The van der Waals surface area contributed by atoms with Crippen molar-refractivity contribution in [1.29, 1.82) is 0 Å². The molecule has 18 heavy (non-hydrogen) atoms. The molecule has 0 aliphatic carbocycles. The third-order valence-electron chi connectivity index (χ3n) is 2.60. The summed E-state index contributed by atoms with van der Waals surface area (Å²) < 4.78 is 0.954. The summed E-state index contributed by atoms with van der Waals surface area (Å²) in [6.07, 6.45) is 0. The number of benzene rings is 2. The normalized spacial score (nSPS) is 10.1. The number of hydrogen-bond donors (Lipinski definition) is 2. The molecule has 0 atom stereocenters. The standard InChI is InChI=1S/C14H12INO2/c1-9-5-4-6-10(13(9)17)14(18)16-12-8-3-2-7-11(12)15/h2-8,17H,1H3,(H,16,18). The molecule has 0 spiro atoms. The summed E-state index contributed by atoms with van der Waals surface area (Å²) in [6, 6.07) is 12.6. The number of hydrogen-bond acceptors (Lipinski definition) is 2. The fourth-order valence-electron chi connectivity index (χ4n) is 1.59. The van der Waals surface area contributed by atoms with Crippen LogP contribution in [0.2, 0.25) is 0 Å². The van der Waals surface area contributed by atoms with Crippen LogP contribution in [-0.2, 0) is 0 Å². The predicted molar refractivity (Wildman–Crippen MR) is 80.0 cm³/mol. The van der Waals surface area contributed by atoms with Gasteiger partial charge in [0, 0.05) is 3.57 Å². The van der Waals surface area contributed by atoms with E-state index in [0.717, 1.165) is 9.26 Å². The lowest BCUT2D eigenvalue weighted by molar-refractivity contribution is 0.102. The molecule has 2 aromatic rings. The van der Waals surface area contributed by atoms with E-state index >= 15 is 0 Å². The van der Waals surface area contributed by atoms with E-state index in [0.29, 0.717) is 5.56 Å². The van der Waals surface area contributed by atoms with Gasteiger partial charge in [0.05, 0.1) is 11.3 Å². The molecule has 0 aromatic heterocycles. The van der Waals surface area contributed by atoms with E-state index in [-0.39, 0.29) is 17.2 Å². The summed E-state index contributed by atoms with van der Waals surface area (Å²) >= 11 is 2.15. The Morgan fingerprint density at radius 2 is 1.89 bits per heavy atom. The van der Waals surface area contributed by atoms with Crippen molar-refractivity contribution in [2.24, 2.45) is 0 Å². The Morgan fingerprint density at radius 3 is 2.61 bits per heavy atom. The number of nitrogens with one attached hydrogen (secondary N) is 1. The van der Waals surface area contributed by atoms with E-state index in [4.69, 9.17) is 0 Å². The number of carbonyl (C=O) groups is 1. The number of amides is 1. The lowest BCUT2D eigenvalue weighted by atomic mass is 10.1. The monoisotopic (exact) mass is 353 g/mol. The average Bonchev–Trinajstić information content (AvgIpc) is 2.35. The molecule has 0 fully saturated rings. The molecule has 92 valence electrons. The molecule has 2 rings (SSSR count). The van der Waals surface area contributed by atoms with Crippen LogP contribution in [0.5, 0.6) is 5.75 Å². The number of rotatable bonds is 2. The van der Waals surface area contributed by atoms with Crippen molar-refractivity contribution in [3.63, 3.8) is 0 Å². The first kappa shape index (κ1) is 12.9. The quantitative estimate of drug-likeness (QED) is 0.812. The first-order valence-corrected chi connectivity index (χ1v) is 6.52. The Bertz CT molecular complexity index is 596. The molecule has 2 aromatic carbocycles. The first-order chi connectivity index (χ1) is 8.59. The van der Waals surface area contributed by atoms with Crippen molar-refractivity contribution in [3.8, 4) is 5.75 Å². The number of carbonyl (C=O) groups excluding carboxylic acids is 1. The number of para-hydroxylation sites is 2. The van der Waals surface area contributed by atoms with Gasteiger partial charge < -0.3 is 10.4 Å². The largest absolute Gasteiger partial charge is 0.507 e. The maximum atomic E-state index is 12.1. The van der Waals surface area contributed by atoms with E-state index in [2.05, 4.69) is 27.9 Å². The zero-order valence-electron chi connectivity index (χ0n) is 9.77. The summed E-state index contributed by atoms with van der Waals surface area (Å²) in [4.78, 5) is 12.1. The number of aromatic hydroxyl groups is 1. The Morgan fingerprint density at radius 1 is 1.17 bits per heavy atom. The van der Waals surface area contributed by atoms with Crippen LogP contribution in [-0.4, -0.2) is 11.0 Å². The second-order valence-corrected chi connectivity index (χ2v) is 5.07. The Hall–Kier alpha value is -1.56. The molecule has 0 radical (unpaired) electrons. The number of halogens is 1. The van der Waals surface area contributed by atoms with Gasteiger partial charge in [0.1, 0.15) is 5.75 Å². The SMILES string of the molecule is Cc1cccc(C(=O)Nc2ccccc2I)c1O. The minimum Gasteiger partial charge on any atom is -0.507 e. The fourth-order valence-corrected chi connectivity index (χ4v) is 2.12. The number of anilines is 1. The third kappa shape index (κ3) is 2.64. The predicted octanol–water partition coefficient (Wildman–Crippen LogP) is 3.56. The van der Waals surface area contributed by atoms with E-state index in [1.54, 1.807) is 25.1 Å². The minimum absolute atomic E-state index is 0.0286. The van der Waals surface area contributed by atoms with Crippen molar-refractivity contribution >= 4 is 34.2 Å². The van der Waals surface area contributed by atoms with Gasteiger partial charge in [0.15, 0.2) is 0 Å². The maximum Gasteiger partial charge on any atom is 0.259 e. The van der Waals surface area contributed by atoms with Crippen LogP contribution in [0.1, 0.15) is 15.9 Å². The molecule has 0 bridgehead atoms. The zero-order chi connectivity index (χ0) is 13.1. The van der Waals surface area contributed by atoms with Crippen molar-refractivity contribution in [2.75, 3.05) is 5.32 Å². The highest BCUT2D eigenvalue weighted by atomic mass is 127. The van der Waals surface area contributed by atoms with Crippen LogP contribution in [0, 0.1) is 10.5 Å². The summed E-state index contributed by atoms with van der Waals surface area (Å²) in [5.41, 5.74) is 1.71. The molecule has 4 heteroatoms. The van der Waals surface area contributed by atoms with Crippen LogP contribution >= 0.6 is 22.6 Å². The van der Waals surface area contributed by atoms with E-state index < -0.39 is 0 Å². The highest BCUT2D eigenvalue weighted by molar-refractivity contribution is 14.1. The fraction of sp³-hybridized carbons (Fsp3) is 0.0714. The van der Waals surface area contributed by atoms with Crippen LogP contribution in [0.25, 0.3) is 0 Å². The van der Waals surface area contributed by atoms with Crippen molar-refractivity contribution in [1.82, 2.24) is 0 Å². The Balaban J connectivity index is 2.28. The number of phenols is 1. The third-order valence-corrected chi connectivity index (χ3v) is 3.55. The van der Waals surface area contributed by atoms with Gasteiger partial charge in [-0.15, -0.1) is 0 Å². The molecular formula is C14H12INO2. The molecule has 0 heterocycles. The number of phenolic OH excluding ortho intramolecular Hbond substituents is 1. The lowest BCUT2D eigenvalue weighted by Crippen LogP contribution is -2.13. The molecule has 0 unspecified atom stereocenters. The van der Waals surface area contributed by atoms with Gasteiger partial charge in [-0.25, -0.2) is 0 Å². The zero-order valence-corrected chi connectivity index (χ0v) is 11.9. The van der Waals surface area contributed by atoms with Gasteiger partial charge in [0.2, 0.25) is 0 Å². The van der Waals surface area contributed by atoms with Crippen molar-refractivity contribution < 1.29 is 9.90 Å². The summed E-state index contributed by atoms with van der Waals surface area (Å²) in [7, 11) is 0. The second kappa shape index (κ2) is 5.39. The first-order valence-electron chi connectivity index (χ1n) is 5.44. The number of aryl methyl sites for hydroxylation is 1. The van der Waals surface area contributed by atoms with Crippen LogP contribution in [0.15, 0.2) is 42.5 Å². The minimum atomic E-state index is -0.305. The topological polar surface area (TPSA) is 49.3 Å². The van der Waals surface area contributed by atoms with Gasteiger partial charge in [-0.3, -0.25) is 4.79 Å². The summed E-state index contributed by atoms with van der Waals surface area (Å²) in [5.74, 6) is -0.277. The Kier molecular flexibility index (Phi) is 3.86. The second-order valence-electron chi connectivity index (χ2n) is 3.91. The van der Waals surface area contributed by atoms with Crippen LogP contribution in [0.3, 0.4) is 0 Å². The van der Waals surface area contributed by atoms with Crippen LogP contribution < -0.4 is 5.32 Å². The lowest BCUT2D eigenvalue weighted by Gasteiger charge is -2.09. The molecular weight excluding hydrogens is 341 g/mol. The molecule has 2 N–H and O–H groups in total. The smallest absolute Gasteiger partial charge is 0.259 e. The van der Waals surface area contributed by atoms with E-state index in [9.17, 15) is 9.90 Å². The van der Waals surface area contributed by atoms with E-state index in [1.807, 2.05) is 24.3 Å². The van der Waals surface area contributed by atoms with Gasteiger partial charge >= 0.3 is 0 Å². The molecule has 0 aliphatic heterocycles. The van der Waals surface area contributed by atoms with Gasteiger partial charge in [0.25, 0.3) is 5.91 Å². The molecule has 0 saturated heterocycles. The summed E-state index contributed by atoms with van der Waals surface area (Å²) in [5, 5.41) is 12.6. The van der Waals surface area contributed by atoms with Crippen molar-refractivity contribution in [2.45, 2.75) is 6.92 Å². The molecule has 0 aliphatic rings. The van der Waals surface area contributed by atoms with Gasteiger partial charge in [-0.05, 0) is 53.3 Å². The molecule has 1 amide bonds. The maximum absolute atomic E-state index is 12.1. The molecule has 3 nitrogen and oxygen atoms in total. The van der Waals surface area contributed by atoms with Crippen LogP contribution in [0.4, 0.5) is 5.69 Å². The van der Waals surface area contributed by atoms with E-state index in [1.165, 1.54) is 0 Å². The molecule has 0 saturated carbocycles. The van der Waals surface area contributed by atoms with Gasteiger partial charge in [-0.1, -0.05) is 24.3 Å². The van der Waals surface area contributed by atoms with Crippen molar-refractivity contribution in [3.05, 3.63) is 57.2 Å². The highest BCUT2D eigenvalue weighted by Gasteiger charge is 2.13. The van der Waals surface area contributed by atoms with Gasteiger partial charge in [-0.2, -0.15) is 0 Å². The Labute approximate surface area is 119 Å². The summed E-state index contributed by atoms with van der Waals surface area (Å²) in [6.45, 7) is 1.76. The highest BCUT2D eigenvalue weighted by Crippen LogP contribution is 2.24.